The van der Waals surface area contributed by atoms with Crippen molar-refractivity contribution in [3.05, 3.63) is 23.9 Å². The van der Waals surface area contributed by atoms with Gasteiger partial charge in [0, 0.05) is 30.0 Å². The molecule has 0 aliphatic rings. The molecule has 1 aromatic heterocycles. The minimum atomic E-state index is -0.550. The number of carbonyl (C=O) groups excluding carboxylic acids is 2. The SMILES string of the molecule is CCCCN(CCC)C(=O)Cn1nc(C(=O)C(C)(C)C)c2ccc(OC)cc21. The Balaban J connectivity index is 2.44. The maximum atomic E-state index is 12.9. The Kier molecular flexibility index (Phi) is 7.22. The molecule has 0 spiro atoms. The number of nitrogens with zero attached hydrogens (tertiary/aromatic N) is 3. The van der Waals surface area contributed by atoms with E-state index in [0.717, 1.165) is 43.3 Å². The molecule has 0 radical (unpaired) electrons. The lowest BCUT2D eigenvalue weighted by Crippen LogP contribution is -2.35. The number of benzene rings is 1. The van der Waals surface area contributed by atoms with Gasteiger partial charge >= 0.3 is 0 Å². The van der Waals surface area contributed by atoms with Gasteiger partial charge in [0.05, 0.1) is 12.6 Å². The zero-order valence-corrected chi connectivity index (χ0v) is 18.0. The predicted molar refractivity (Wildman–Crippen MR) is 112 cm³/mol. The summed E-state index contributed by atoms with van der Waals surface area (Å²) in [5, 5.41) is 5.31. The number of carbonyl (C=O) groups is 2. The summed E-state index contributed by atoms with van der Waals surface area (Å²) in [4.78, 5) is 27.7. The summed E-state index contributed by atoms with van der Waals surface area (Å²) in [7, 11) is 1.60. The number of rotatable bonds is 9. The number of methoxy groups -OCH3 is 1. The van der Waals surface area contributed by atoms with E-state index in [1.807, 2.05) is 43.9 Å². The predicted octanol–water partition coefficient (Wildman–Crippen LogP) is 4.31. The molecule has 6 heteroatoms. The van der Waals surface area contributed by atoms with Gasteiger partial charge in [0.1, 0.15) is 18.0 Å². The summed E-state index contributed by atoms with van der Waals surface area (Å²) >= 11 is 0. The molecule has 1 heterocycles. The maximum Gasteiger partial charge on any atom is 0.244 e. The first-order valence-electron chi connectivity index (χ1n) is 10.1. The van der Waals surface area contributed by atoms with Crippen LogP contribution in [0.25, 0.3) is 10.9 Å². The van der Waals surface area contributed by atoms with Crippen LogP contribution in [0.5, 0.6) is 5.75 Å². The smallest absolute Gasteiger partial charge is 0.244 e. The van der Waals surface area contributed by atoms with Crippen molar-refractivity contribution in [1.29, 1.82) is 0 Å². The van der Waals surface area contributed by atoms with Gasteiger partial charge in [-0.25, -0.2) is 0 Å². The van der Waals surface area contributed by atoms with Crippen molar-refractivity contribution in [1.82, 2.24) is 14.7 Å². The van der Waals surface area contributed by atoms with Crippen LogP contribution < -0.4 is 4.74 Å². The average molecular weight is 388 g/mol. The first kappa shape index (κ1) is 21.9. The van der Waals surface area contributed by atoms with Crippen LogP contribution in [-0.4, -0.2) is 46.6 Å². The molecule has 154 valence electrons. The number of aromatic nitrogens is 2. The molecule has 0 N–H and O–H groups in total. The number of Topliss-reactive ketones (excluding diaryl/α,β-unsaturated/α-hetero) is 1. The molecule has 0 bridgehead atoms. The lowest BCUT2D eigenvalue weighted by atomic mass is 9.88. The van der Waals surface area contributed by atoms with Crippen LogP contribution >= 0.6 is 0 Å². The molecule has 0 atom stereocenters. The fourth-order valence-corrected chi connectivity index (χ4v) is 3.13. The minimum Gasteiger partial charge on any atom is -0.497 e. The van der Waals surface area contributed by atoms with Crippen molar-refractivity contribution in [2.75, 3.05) is 20.2 Å². The van der Waals surface area contributed by atoms with Gasteiger partial charge in [-0.3, -0.25) is 14.3 Å². The molecule has 0 saturated heterocycles. The van der Waals surface area contributed by atoms with Crippen molar-refractivity contribution in [2.24, 2.45) is 5.41 Å². The quantitative estimate of drug-likeness (QED) is 0.601. The fourth-order valence-electron chi connectivity index (χ4n) is 3.13. The second kappa shape index (κ2) is 9.22. The summed E-state index contributed by atoms with van der Waals surface area (Å²) in [6.45, 7) is 11.4. The van der Waals surface area contributed by atoms with Gasteiger partial charge in [0.15, 0.2) is 5.78 Å². The summed E-state index contributed by atoms with van der Waals surface area (Å²) in [6.07, 6.45) is 2.93. The maximum absolute atomic E-state index is 12.9. The van der Waals surface area contributed by atoms with E-state index < -0.39 is 5.41 Å². The fraction of sp³-hybridized carbons (Fsp3) is 0.591. The van der Waals surface area contributed by atoms with Crippen molar-refractivity contribution in [2.45, 2.75) is 60.4 Å². The Morgan fingerprint density at radius 1 is 1.14 bits per heavy atom. The molecule has 0 unspecified atom stereocenters. The van der Waals surface area contributed by atoms with Crippen LogP contribution in [0.15, 0.2) is 18.2 Å². The molecule has 0 saturated carbocycles. The van der Waals surface area contributed by atoms with Crippen molar-refractivity contribution < 1.29 is 14.3 Å². The Morgan fingerprint density at radius 2 is 1.86 bits per heavy atom. The molecular weight excluding hydrogens is 354 g/mol. The van der Waals surface area contributed by atoms with Crippen molar-refractivity contribution >= 4 is 22.6 Å². The second-order valence-corrected chi connectivity index (χ2v) is 8.20. The van der Waals surface area contributed by atoms with Crippen molar-refractivity contribution in [3.8, 4) is 5.75 Å². The second-order valence-electron chi connectivity index (χ2n) is 8.20. The van der Waals surface area contributed by atoms with E-state index in [2.05, 4.69) is 18.9 Å². The van der Waals surface area contributed by atoms with E-state index in [1.165, 1.54) is 0 Å². The molecule has 2 rings (SSSR count). The summed E-state index contributed by atoms with van der Waals surface area (Å²) in [5.74, 6) is 0.662. The lowest BCUT2D eigenvalue weighted by Gasteiger charge is -2.22. The average Bonchev–Trinajstić information content (AvgIpc) is 3.01. The van der Waals surface area contributed by atoms with Crippen LogP contribution in [0.1, 0.15) is 64.4 Å². The summed E-state index contributed by atoms with van der Waals surface area (Å²) in [6, 6.07) is 5.51. The molecule has 2 aromatic rings. The topological polar surface area (TPSA) is 64.4 Å². The van der Waals surface area contributed by atoms with Gasteiger partial charge < -0.3 is 9.64 Å². The van der Waals surface area contributed by atoms with Gasteiger partial charge in [0.25, 0.3) is 0 Å². The van der Waals surface area contributed by atoms with Crippen LogP contribution in [0, 0.1) is 5.41 Å². The molecule has 0 aliphatic heterocycles. The standard InChI is InChI=1S/C22H33N3O3/c1-7-9-13-24(12-8-2)19(26)15-25-18-14-16(28-6)10-11-17(18)20(23-25)21(27)22(3,4)5/h10-11,14H,7-9,12-13,15H2,1-6H3. The van der Waals surface area contributed by atoms with Gasteiger partial charge in [0.2, 0.25) is 5.91 Å². The Bertz CT molecular complexity index is 833. The molecule has 0 fully saturated rings. The zero-order valence-electron chi connectivity index (χ0n) is 18.0. The zero-order chi connectivity index (χ0) is 20.9. The van der Waals surface area contributed by atoms with Crippen LogP contribution in [-0.2, 0) is 11.3 Å². The van der Waals surface area contributed by atoms with Gasteiger partial charge in [-0.05, 0) is 25.0 Å². The highest BCUT2D eigenvalue weighted by atomic mass is 16.5. The highest BCUT2D eigenvalue weighted by Gasteiger charge is 2.28. The molecule has 1 aromatic carbocycles. The van der Waals surface area contributed by atoms with Crippen LogP contribution in [0.3, 0.4) is 0 Å². The normalized spacial score (nSPS) is 11.6. The first-order chi connectivity index (χ1) is 13.2. The molecular formula is C22H33N3O3. The monoisotopic (exact) mass is 387 g/mol. The highest BCUT2D eigenvalue weighted by molar-refractivity contribution is 6.08. The van der Waals surface area contributed by atoms with Crippen LogP contribution in [0.4, 0.5) is 0 Å². The number of amides is 1. The van der Waals surface area contributed by atoms with Gasteiger partial charge in [-0.1, -0.05) is 41.0 Å². The van der Waals surface area contributed by atoms with E-state index in [-0.39, 0.29) is 18.2 Å². The number of fused-ring (bicyclic) bond motifs is 1. The number of hydrogen-bond donors (Lipinski definition) is 0. The third-order valence-electron chi connectivity index (χ3n) is 4.77. The Hall–Kier alpha value is -2.37. The van der Waals surface area contributed by atoms with E-state index in [0.29, 0.717) is 11.4 Å². The number of unbranched alkanes of at least 4 members (excludes halogenated alkanes) is 1. The number of hydrogen-bond acceptors (Lipinski definition) is 4. The summed E-state index contributed by atoms with van der Waals surface area (Å²) in [5.41, 5.74) is 0.603. The van der Waals surface area contributed by atoms with Gasteiger partial charge in [-0.2, -0.15) is 5.10 Å². The largest absolute Gasteiger partial charge is 0.497 e. The molecule has 0 aliphatic carbocycles. The third-order valence-corrected chi connectivity index (χ3v) is 4.77. The van der Waals surface area contributed by atoms with Crippen molar-refractivity contribution in [3.63, 3.8) is 0 Å². The molecule has 6 nitrogen and oxygen atoms in total. The Morgan fingerprint density at radius 3 is 2.43 bits per heavy atom. The number of ketones is 1. The highest BCUT2D eigenvalue weighted by Crippen LogP contribution is 2.29. The van der Waals surface area contributed by atoms with Crippen LogP contribution in [0.2, 0.25) is 0 Å². The first-order valence-corrected chi connectivity index (χ1v) is 10.1. The van der Waals surface area contributed by atoms with E-state index in [4.69, 9.17) is 4.74 Å². The van der Waals surface area contributed by atoms with E-state index in [1.54, 1.807) is 11.8 Å². The lowest BCUT2D eigenvalue weighted by molar-refractivity contribution is -0.132. The molecule has 1 amide bonds. The molecule has 28 heavy (non-hydrogen) atoms. The minimum absolute atomic E-state index is 0.0253. The Labute approximate surface area is 167 Å². The van der Waals surface area contributed by atoms with E-state index in [9.17, 15) is 9.59 Å². The van der Waals surface area contributed by atoms with E-state index >= 15 is 0 Å². The third kappa shape index (κ3) is 4.91. The summed E-state index contributed by atoms with van der Waals surface area (Å²) < 4.78 is 6.98. The van der Waals surface area contributed by atoms with Gasteiger partial charge in [-0.15, -0.1) is 0 Å². The number of ether oxygens (including phenoxy) is 1.